The quantitative estimate of drug-likeness (QED) is 0.493. The Labute approximate surface area is 179 Å². The molecule has 0 heterocycles. The Morgan fingerprint density at radius 1 is 1.03 bits per heavy atom. The van der Waals surface area contributed by atoms with E-state index in [1.54, 1.807) is 11.1 Å². The van der Waals surface area contributed by atoms with Crippen LogP contribution in [0.4, 0.5) is 0 Å². The number of aliphatic hydroxyl groups is 1. The molecule has 29 heavy (non-hydrogen) atoms. The fourth-order valence-corrected chi connectivity index (χ4v) is 7.44. The van der Waals surface area contributed by atoms with Crippen molar-refractivity contribution in [2.24, 2.45) is 46.3 Å². The first-order valence-corrected chi connectivity index (χ1v) is 12.4. The molecular formula is C28H44O. The standard InChI is InChI=1S/C28H44O/c1-18(2)19(3)7-8-20(4)24-11-12-25-23-10-9-21-17-22(29)13-15-27(21,5)26(23)14-16-28(24,25)6/h7-8,10,14,18-22,24-25,29H,9,11-13,15-17H2,1-6H3/b8-7+/t19-,20+,21-,22?,24+,25-,27-,28+/m0/s1. The lowest BCUT2D eigenvalue weighted by Gasteiger charge is -2.53. The van der Waals surface area contributed by atoms with Gasteiger partial charge >= 0.3 is 0 Å². The van der Waals surface area contributed by atoms with Gasteiger partial charge in [-0.1, -0.05) is 65.8 Å². The summed E-state index contributed by atoms with van der Waals surface area (Å²) < 4.78 is 0. The van der Waals surface area contributed by atoms with Crippen molar-refractivity contribution >= 4 is 0 Å². The number of aliphatic hydroxyl groups excluding tert-OH is 1. The van der Waals surface area contributed by atoms with Crippen molar-refractivity contribution in [2.75, 3.05) is 0 Å². The zero-order valence-electron chi connectivity index (χ0n) is 19.7. The van der Waals surface area contributed by atoms with Crippen LogP contribution in [0.25, 0.3) is 0 Å². The lowest BCUT2D eigenvalue weighted by atomic mass is 9.51. The number of fused-ring (bicyclic) bond motifs is 5. The van der Waals surface area contributed by atoms with Crippen molar-refractivity contribution in [3.8, 4) is 0 Å². The summed E-state index contributed by atoms with van der Waals surface area (Å²) in [5, 5.41) is 10.2. The number of hydrogen-bond donors (Lipinski definition) is 1. The molecule has 0 aromatic carbocycles. The molecule has 2 saturated carbocycles. The summed E-state index contributed by atoms with van der Waals surface area (Å²) >= 11 is 0. The van der Waals surface area contributed by atoms with E-state index in [4.69, 9.17) is 0 Å². The van der Waals surface area contributed by atoms with E-state index < -0.39 is 0 Å². The minimum absolute atomic E-state index is 0.0748. The highest BCUT2D eigenvalue weighted by atomic mass is 16.3. The fraction of sp³-hybridized carbons (Fsp3) is 0.786. The summed E-state index contributed by atoms with van der Waals surface area (Å²) in [5.74, 6) is 4.23. The smallest absolute Gasteiger partial charge is 0.0543 e. The SMILES string of the molecule is CC(C)[C@@H](C)/C=C/[C@@H](C)[C@H]1CC[C@H]2C3=CC[C@H]4CC(O)CC[C@]4(C)C3=CC[C@]12C. The van der Waals surface area contributed by atoms with E-state index >= 15 is 0 Å². The van der Waals surface area contributed by atoms with Crippen LogP contribution in [-0.4, -0.2) is 11.2 Å². The third-order valence-electron chi connectivity index (χ3n) is 9.94. The Kier molecular flexibility index (Phi) is 5.69. The third-order valence-corrected chi connectivity index (χ3v) is 9.94. The Bertz CT molecular complexity index is 712. The molecule has 0 saturated heterocycles. The van der Waals surface area contributed by atoms with Gasteiger partial charge in [-0.15, -0.1) is 0 Å². The minimum atomic E-state index is -0.0748. The van der Waals surface area contributed by atoms with Crippen LogP contribution in [0.1, 0.15) is 86.5 Å². The van der Waals surface area contributed by atoms with Crippen LogP contribution in [0.5, 0.6) is 0 Å². The van der Waals surface area contributed by atoms with E-state index in [1.807, 2.05) is 0 Å². The second-order valence-corrected chi connectivity index (χ2v) is 11.8. The molecule has 4 rings (SSSR count). The van der Waals surface area contributed by atoms with E-state index in [-0.39, 0.29) is 6.10 Å². The Morgan fingerprint density at radius 3 is 2.52 bits per heavy atom. The molecule has 0 aromatic heterocycles. The molecule has 0 bridgehead atoms. The lowest BCUT2D eigenvalue weighted by molar-refractivity contribution is 0.0316. The molecule has 0 aliphatic heterocycles. The topological polar surface area (TPSA) is 20.2 Å². The second kappa shape index (κ2) is 7.70. The molecule has 1 unspecified atom stereocenters. The summed E-state index contributed by atoms with van der Waals surface area (Å²) in [6.07, 6.45) is 18.5. The molecule has 1 heteroatoms. The van der Waals surface area contributed by atoms with Gasteiger partial charge in [-0.3, -0.25) is 0 Å². The zero-order valence-corrected chi connectivity index (χ0v) is 19.7. The van der Waals surface area contributed by atoms with Crippen molar-refractivity contribution in [3.63, 3.8) is 0 Å². The molecule has 0 radical (unpaired) electrons. The maximum absolute atomic E-state index is 10.2. The average Bonchev–Trinajstić information content (AvgIpc) is 3.03. The van der Waals surface area contributed by atoms with Gasteiger partial charge in [-0.25, -0.2) is 0 Å². The Balaban J connectivity index is 1.58. The third kappa shape index (κ3) is 3.50. The summed E-state index contributed by atoms with van der Waals surface area (Å²) in [6.45, 7) is 14.6. The predicted molar refractivity (Wildman–Crippen MR) is 123 cm³/mol. The molecule has 1 nitrogen and oxygen atoms in total. The molecular weight excluding hydrogens is 352 g/mol. The summed E-state index contributed by atoms with van der Waals surface area (Å²) in [6, 6.07) is 0. The van der Waals surface area contributed by atoms with E-state index in [2.05, 4.69) is 65.8 Å². The van der Waals surface area contributed by atoms with Crippen LogP contribution in [-0.2, 0) is 0 Å². The Hall–Kier alpha value is -0.820. The number of allylic oxidation sites excluding steroid dienone is 6. The van der Waals surface area contributed by atoms with Crippen LogP contribution in [0, 0.1) is 46.3 Å². The van der Waals surface area contributed by atoms with Crippen molar-refractivity contribution in [1.29, 1.82) is 0 Å². The van der Waals surface area contributed by atoms with Crippen molar-refractivity contribution in [1.82, 2.24) is 0 Å². The van der Waals surface area contributed by atoms with Crippen molar-refractivity contribution < 1.29 is 5.11 Å². The van der Waals surface area contributed by atoms with Gasteiger partial charge in [0.25, 0.3) is 0 Å². The van der Waals surface area contributed by atoms with Gasteiger partial charge in [-0.05, 0) is 102 Å². The summed E-state index contributed by atoms with van der Waals surface area (Å²) in [5.41, 5.74) is 4.11. The molecule has 162 valence electrons. The van der Waals surface area contributed by atoms with Crippen LogP contribution in [0.2, 0.25) is 0 Å². The van der Waals surface area contributed by atoms with E-state index in [0.717, 1.165) is 30.6 Å². The molecule has 4 aliphatic carbocycles. The van der Waals surface area contributed by atoms with Crippen molar-refractivity contribution in [2.45, 2.75) is 92.6 Å². The number of rotatable bonds is 4. The Morgan fingerprint density at radius 2 is 1.79 bits per heavy atom. The summed E-state index contributed by atoms with van der Waals surface area (Å²) in [4.78, 5) is 0. The van der Waals surface area contributed by atoms with Gasteiger partial charge in [-0.2, -0.15) is 0 Å². The van der Waals surface area contributed by atoms with Crippen LogP contribution >= 0.6 is 0 Å². The molecule has 2 fully saturated rings. The molecule has 8 atom stereocenters. The van der Waals surface area contributed by atoms with Gasteiger partial charge in [0.2, 0.25) is 0 Å². The first-order valence-electron chi connectivity index (χ1n) is 12.4. The first-order chi connectivity index (χ1) is 13.7. The highest BCUT2D eigenvalue weighted by Crippen LogP contribution is 2.64. The van der Waals surface area contributed by atoms with Crippen LogP contribution < -0.4 is 0 Å². The van der Waals surface area contributed by atoms with Crippen LogP contribution in [0.3, 0.4) is 0 Å². The normalized spacial score (nSPS) is 44.0. The van der Waals surface area contributed by atoms with Crippen LogP contribution in [0.15, 0.2) is 35.5 Å². The van der Waals surface area contributed by atoms with Crippen molar-refractivity contribution in [3.05, 3.63) is 35.5 Å². The monoisotopic (exact) mass is 396 g/mol. The summed E-state index contributed by atoms with van der Waals surface area (Å²) in [7, 11) is 0. The van der Waals surface area contributed by atoms with Gasteiger partial charge in [0, 0.05) is 0 Å². The van der Waals surface area contributed by atoms with Gasteiger partial charge in [0.15, 0.2) is 0 Å². The zero-order chi connectivity index (χ0) is 21.0. The fourth-order valence-electron chi connectivity index (χ4n) is 7.44. The molecule has 0 spiro atoms. The molecule has 0 aromatic rings. The molecule has 1 N–H and O–H groups in total. The number of hydrogen-bond acceptors (Lipinski definition) is 1. The highest BCUT2D eigenvalue weighted by molar-refractivity contribution is 5.46. The molecule has 4 aliphatic rings. The first kappa shape index (κ1) is 21.4. The van der Waals surface area contributed by atoms with Gasteiger partial charge in [0.05, 0.1) is 6.10 Å². The molecule has 0 amide bonds. The minimum Gasteiger partial charge on any atom is -0.393 e. The van der Waals surface area contributed by atoms with E-state index in [0.29, 0.717) is 28.6 Å². The van der Waals surface area contributed by atoms with Gasteiger partial charge < -0.3 is 5.11 Å². The van der Waals surface area contributed by atoms with Gasteiger partial charge in [0.1, 0.15) is 0 Å². The predicted octanol–water partition coefficient (Wildman–Crippen LogP) is 7.33. The second-order valence-electron chi connectivity index (χ2n) is 11.8. The highest BCUT2D eigenvalue weighted by Gasteiger charge is 2.55. The lowest BCUT2D eigenvalue weighted by Crippen LogP contribution is -2.44. The van der Waals surface area contributed by atoms with E-state index in [1.165, 1.54) is 32.1 Å². The van der Waals surface area contributed by atoms with E-state index in [9.17, 15) is 5.11 Å². The largest absolute Gasteiger partial charge is 0.393 e. The average molecular weight is 397 g/mol. The maximum atomic E-state index is 10.2. The maximum Gasteiger partial charge on any atom is 0.0543 e.